The zero-order valence-electron chi connectivity index (χ0n) is 16.6. The molecule has 1 aliphatic heterocycles. The molecule has 0 atom stereocenters. The summed E-state index contributed by atoms with van der Waals surface area (Å²) in [6.45, 7) is 1.97. The Labute approximate surface area is 183 Å². The first-order valence-corrected chi connectivity index (χ1v) is 10.3. The minimum atomic E-state index is -3.08. The van der Waals surface area contributed by atoms with Gasteiger partial charge in [0.2, 0.25) is 15.8 Å². The van der Waals surface area contributed by atoms with Gasteiger partial charge in [-0.3, -0.25) is 4.99 Å². The molecule has 0 spiro atoms. The van der Waals surface area contributed by atoms with E-state index < -0.39 is 10.0 Å². The number of sulfonamides is 1. The first-order chi connectivity index (χ1) is 12.9. The van der Waals surface area contributed by atoms with Crippen LogP contribution in [0.3, 0.4) is 0 Å². The third-order valence-electron chi connectivity index (χ3n) is 4.26. The standard InChI is InChI=1S/C17H28N4O5S.HI/c1-18-17(19-6-8-21-7-5-9-27(21,22)23)20-12-13-10-14(24-2)16(26-4)15(11-13)25-3;/h10-11H,5-9,12H2,1-4H3,(H2,18,19,20);1H. The largest absolute Gasteiger partial charge is 0.493 e. The first-order valence-electron chi connectivity index (χ1n) is 8.66. The molecule has 2 rings (SSSR count). The van der Waals surface area contributed by atoms with E-state index in [0.29, 0.717) is 55.8 Å². The molecule has 0 amide bonds. The van der Waals surface area contributed by atoms with Crippen LogP contribution in [0.1, 0.15) is 12.0 Å². The highest BCUT2D eigenvalue weighted by atomic mass is 127. The molecule has 0 aliphatic carbocycles. The van der Waals surface area contributed by atoms with E-state index in [0.717, 1.165) is 5.56 Å². The Morgan fingerprint density at radius 3 is 2.25 bits per heavy atom. The molecule has 0 bridgehead atoms. The molecule has 0 radical (unpaired) electrons. The zero-order chi connectivity index (χ0) is 19.9. The van der Waals surface area contributed by atoms with Crippen molar-refractivity contribution in [3.05, 3.63) is 17.7 Å². The lowest BCUT2D eigenvalue weighted by molar-refractivity contribution is 0.323. The maximum absolute atomic E-state index is 11.8. The van der Waals surface area contributed by atoms with Crippen molar-refractivity contribution in [3.8, 4) is 17.2 Å². The minimum absolute atomic E-state index is 0. The van der Waals surface area contributed by atoms with Crippen LogP contribution >= 0.6 is 24.0 Å². The number of ether oxygens (including phenoxy) is 3. The lowest BCUT2D eigenvalue weighted by Gasteiger charge is -2.17. The fraction of sp³-hybridized carbons (Fsp3) is 0.588. The molecular weight excluding hydrogens is 499 g/mol. The van der Waals surface area contributed by atoms with Crippen LogP contribution in [0, 0.1) is 0 Å². The Morgan fingerprint density at radius 1 is 1.14 bits per heavy atom. The summed E-state index contributed by atoms with van der Waals surface area (Å²) < 4.78 is 41.1. The number of hydrogen-bond acceptors (Lipinski definition) is 6. The summed E-state index contributed by atoms with van der Waals surface area (Å²) in [6.07, 6.45) is 0.691. The fourth-order valence-electron chi connectivity index (χ4n) is 2.89. The summed E-state index contributed by atoms with van der Waals surface area (Å²) in [5.74, 6) is 2.52. The van der Waals surface area contributed by atoms with Crippen molar-refractivity contribution in [2.24, 2.45) is 4.99 Å². The smallest absolute Gasteiger partial charge is 0.214 e. The van der Waals surface area contributed by atoms with Crippen molar-refractivity contribution in [1.29, 1.82) is 0 Å². The van der Waals surface area contributed by atoms with E-state index in [-0.39, 0.29) is 29.7 Å². The van der Waals surface area contributed by atoms with Crippen molar-refractivity contribution in [2.75, 3.05) is 53.8 Å². The maximum Gasteiger partial charge on any atom is 0.214 e. The van der Waals surface area contributed by atoms with Crippen LogP contribution in [0.4, 0.5) is 0 Å². The van der Waals surface area contributed by atoms with Crippen LogP contribution in [0.15, 0.2) is 17.1 Å². The van der Waals surface area contributed by atoms with Gasteiger partial charge in [-0.15, -0.1) is 24.0 Å². The van der Waals surface area contributed by atoms with Gasteiger partial charge in [0.1, 0.15) is 0 Å². The van der Waals surface area contributed by atoms with Crippen molar-refractivity contribution in [2.45, 2.75) is 13.0 Å². The predicted molar refractivity (Wildman–Crippen MR) is 120 cm³/mol. The van der Waals surface area contributed by atoms with Crippen LogP contribution in [-0.2, 0) is 16.6 Å². The van der Waals surface area contributed by atoms with Gasteiger partial charge in [0, 0.05) is 33.2 Å². The van der Waals surface area contributed by atoms with Gasteiger partial charge in [0.25, 0.3) is 0 Å². The molecule has 2 N–H and O–H groups in total. The average Bonchev–Trinajstić information content (AvgIpc) is 3.01. The monoisotopic (exact) mass is 528 g/mol. The third kappa shape index (κ3) is 6.27. The Balaban J connectivity index is 0.00000392. The SMILES string of the molecule is CN=C(NCCN1CCCS1(=O)=O)NCc1cc(OC)c(OC)c(OC)c1.I. The molecule has 1 fully saturated rings. The van der Waals surface area contributed by atoms with Crippen LogP contribution in [0.5, 0.6) is 17.2 Å². The summed E-state index contributed by atoms with van der Waals surface area (Å²) in [4.78, 5) is 4.16. The number of nitrogens with zero attached hydrogens (tertiary/aromatic N) is 2. The summed E-state index contributed by atoms with van der Waals surface area (Å²) in [7, 11) is 3.29. The Hall–Kier alpha value is -1.47. The Bertz CT molecular complexity index is 748. The van der Waals surface area contributed by atoms with E-state index in [9.17, 15) is 8.42 Å². The molecule has 0 unspecified atom stereocenters. The molecule has 1 aromatic rings. The second kappa shape index (κ2) is 11.5. The highest BCUT2D eigenvalue weighted by molar-refractivity contribution is 14.0. The van der Waals surface area contributed by atoms with E-state index >= 15 is 0 Å². The quantitative estimate of drug-likeness (QED) is 0.295. The fourth-order valence-corrected chi connectivity index (χ4v) is 4.41. The summed E-state index contributed by atoms with van der Waals surface area (Å²) in [5, 5.41) is 6.32. The predicted octanol–water partition coefficient (Wildman–Crippen LogP) is 1.03. The highest BCUT2D eigenvalue weighted by Gasteiger charge is 2.27. The molecule has 9 nitrogen and oxygen atoms in total. The van der Waals surface area contributed by atoms with Gasteiger partial charge >= 0.3 is 0 Å². The molecule has 160 valence electrons. The lowest BCUT2D eigenvalue weighted by Crippen LogP contribution is -2.41. The van der Waals surface area contributed by atoms with Gasteiger partial charge in [-0.2, -0.15) is 0 Å². The molecule has 1 saturated heterocycles. The number of aliphatic imine (C=N–C) groups is 1. The van der Waals surface area contributed by atoms with Crippen LogP contribution in [0.2, 0.25) is 0 Å². The molecule has 28 heavy (non-hydrogen) atoms. The lowest BCUT2D eigenvalue weighted by atomic mass is 10.2. The average molecular weight is 528 g/mol. The minimum Gasteiger partial charge on any atom is -0.493 e. The van der Waals surface area contributed by atoms with Crippen LogP contribution in [-0.4, -0.2) is 72.4 Å². The molecule has 0 saturated carbocycles. The first kappa shape index (κ1) is 24.6. The normalized spacial score (nSPS) is 16.2. The molecule has 0 aromatic heterocycles. The van der Waals surface area contributed by atoms with Crippen LogP contribution in [0.25, 0.3) is 0 Å². The highest BCUT2D eigenvalue weighted by Crippen LogP contribution is 2.38. The Kier molecular flexibility index (Phi) is 10.1. The van der Waals surface area contributed by atoms with E-state index in [2.05, 4.69) is 15.6 Å². The molecular formula is C17H29IN4O5S. The topological polar surface area (TPSA) is 101 Å². The number of benzene rings is 1. The second-order valence-electron chi connectivity index (χ2n) is 5.95. The summed E-state index contributed by atoms with van der Waals surface area (Å²) >= 11 is 0. The van der Waals surface area contributed by atoms with Crippen molar-refractivity contribution < 1.29 is 22.6 Å². The van der Waals surface area contributed by atoms with E-state index in [1.54, 1.807) is 28.4 Å². The number of methoxy groups -OCH3 is 3. The third-order valence-corrected chi connectivity index (χ3v) is 6.22. The second-order valence-corrected chi connectivity index (χ2v) is 8.04. The number of hydrogen-bond donors (Lipinski definition) is 2. The van der Waals surface area contributed by atoms with Crippen molar-refractivity contribution in [3.63, 3.8) is 0 Å². The van der Waals surface area contributed by atoms with E-state index in [1.165, 1.54) is 4.31 Å². The van der Waals surface area contributed by atoms with Gasteiger partial charge in [0.05, 0.1) is 27.1 Å². The molecule has 1 aromatic carbocycles. The maximum atomic E-state index is 11.8. The zero-order valence-corrected chi connectivity index (χ0v) is 19.8. The van der Waals surface area contributed by atoms with E-state index in [1.807, 2.05) is 12.1 Å². The Morgan fingerprint density at radius 2 is 1.79 bits per heavy atom. The number of halogens is 1. The van der Waals surface area contributed by atoms with Gasteiger partial charge < -0.3 is 24.8 Å². The van der Waals surface area contributed by atoms with Gasteiger partial charge in [-0.1, -0.05) is 0 Å². The molecule has 1 aliphatic rings. The summed E-state index contributed by atoms with van der Waals surface area (Å²) in [6, 6.07) is 3.72. The molecule has 1 heterocycles. The summed E-state index contributed by atoms with van der Waals surface area (Å²) in [5.41, 5.74) is 0.926. The van der Waals surface area contributed by atoms with Crippen LogP contribution < -0.4 is 24.8 Å². The van der Waals surface area contributed by atoms with Gasteiger partial charge in [-0.25, -0.2) is 12.7 Å². The van der Waals surface area contributed by atoms with Gasteiger partial charge in [-0.05, 0) is 24.1 Å². The van der Waals surface area contributed by atoms with Crippen molar-refractivity contribution in [1.82, 2.24) is 14.9 Å². The number of guanidine groups is 1. The van der Waals surface area contributed by atoms with E-state index in [4.69, 9.17) is 14.2 Å². The molecule has 11 heteroatoms. The number of nitrogens with one attached hydrogen (secondary N) is 2. The van der Waals surface area contributed by atoms with Crippen molar-refractivity contribution >= 4 is 40.0 Å². The van der Waals surface area contributed by atoms with Gasteiger partial charge in [0.15, 0.2) is 17.5 Å². The number of rotatable bonds is 8.